The number of nitro groups is 1. The third kappa shape index (κ3) is 4.23. The van der Waals surface area contributed by atoms with Crippen molar-refractivity contribution >= 4 is 17.5 Å². The Kier molecular flexibility index (Phi) is 4.75. The molecule has 0 saturated heterocycles. The minimum absolute atomic E-state index is 0.129. The van der Waals surface area contributed by atoms with Crippen LogP contribution in [0.25, 0.3) is 0 Å². The van der Waals surface area contributed by atoms with Crippen LogP contribution in [0.1, 0.15) is 16.1 Å². The minimum atomic E-state index is -0.699. The van der Waals surface area contributed by atoms with Crippen LogP contribution in [0.2, 0.25) is 0 Å². The smallest absolute Gasteiger partial charge is 0.433 e. The van der Waals surface area contributed by atoms with Crippen molar-refractivity contribution < 1.29 is 18.9 Å². The Bertz CT molecular complexity index is 872. The predicted molar refractivity (Wildman–Crippen MR) is 90.5 cm³/mol. The summed E-state index contributed by atoms with van der Waals surface area (Å²) in [5, 5.41) is 13.2. The van der Waals surface area contributed by atoms with Crippen molar-refractivity contribution in [2.75, 3.05) is 5.32 Å². The van der Waals surface area contributed by atoms with Crippen LogP contribution in [0.3, 0.4) is 0 Å². The molecule has 0 atom stereocenters. The molecule has 1 aromatic heterocycles. The highest BCUT2D eigenvalue weighted by Crippen LogP contribution is 2.20. The van der Waals surface area contributed by atoms with E-state index in [0.29, 0.717) is 18.0 Å². The molecule has 7 heteroatoms. The van der Waals surface area contributed by atoms with Crippen molar-refractivity contribution in [3.05, 3.63) is 88.2 Å². The molecule has 0 radical (unpaired) electrons. The Balaban J connectivity index is 1.58. The number of carbonyl (C=O) groups is 1. The summed E-state index contributed by atoms with van der Waals surface area (Å²) < 4.78 is 10.5. The van der Waals surface area contributed by atoms with E-state index in [1.807, 2.05) is 30.3 Å². The van der Waals surface area contributed by atoms with E-state index < -0.39 is 16.7 Å². The molecule has 3 rings (SSSR count). The van der Waals surface area contributed by atoms with Crippen LogP contribution in [-0.4, -0.2) is 10.8 Å². The summed E-state index contributed by atoms with van der Waals surface area (Å²) in [6.45, 7) is 0.447. The SMILES string of the molecule is O=C(Nc1ccc(OCc2ccccc2)cc1)c1ccc([N+](=O)[O-])o1. The molecule has 126 valence electrons. The van der Waals surface area contributed by atoms with Gasteiger partial charge in [-0.1, -0.05) is 30.3 Å². The number of carbonyl (C=O) groups excluding carboxylic acids is 1. The second-order valence-electron chi connectivity index (χ2n) is 5.15. The molecule has 0 aliphatic rings. The number of benzene rings is 2. The molecule has 0 saturated carbocycles. The molecule has 0 aliphatic heterocycles. The quantitative estimate of drug-likeness (QED) is 0.541. The lowest BCUT2D eigenvalue weighted by Gasteiger charge is -2.08. The summed E-state index contributed by atoms with van der Waals surface area (Å²) in [4.78, 5) is 21.9. The standard InChI is InChI=1S/C18H14N2O5/c21-18(16-10-11-17(25-16)20(22)23)19-14-6-8-15(9-7-14)24-12-13-4-2-1-3-5-13/h1-11H,12H2,(H,19,21). The van der Waals surface area contributed by atoms with Crippen molar-refractivity contribution in [3.8, 4) is 5.75 Å². The number of nitrogens with zero attached hydrogens (tertiary/aromatic N) is 1. The van der Waals surface area contributed by atoms with E-state index in [9.17, 15) is 14.9 Å². The molecule has 1 N–H and O–H groups in total. The highest BCUT2D eigenvalue weighted by molar-refractivity contribution is 6.02. The minimum Gasteiger partial charge on any atom is -0.489 e. The molecule has 25 heavy (non-hydrogen) atoms. The summed E-state index contributed by atoms with van der Waals surface area (Å²) >= 11 is 0. The molecular formula is C18H14N2O5. The van der Waals surface area contributed by atoms with Crippen molar-refractivity contribution in [1.29, 1.82) is 0 Å². The van der Waals surface area contributed by atoms with Gasteiger partial charge in [0.2, 0.25) is 0 Å². The highest BCUT2D eigenvalue weighted by Gasteiger charge is 2.17. The van der Waals surface area contributed by atoms with Crippen molar-refractivity contribution in [2.24, 2.45) is 0 Å². The normalized spacial score (nSPS) is 10.2. The fourth-order valence-electron chi connectivity index (χ4n) is 2.12. The van der Waals surface area contributed by atoms with Gasteiger partial charge >= 0.3 is 5.88 Å². The second kappa shape index (κ2) is 7.31. The van der Waals surface area contributed by atoms with E-state index in [1.54, 1.807) is 24.3 Å². The molecule has 1 amide bonds. The number of nitrogens with one attached hydrogen (secondary N) is 1. The Morgan fingerprint density at radius 2 is 1.76 bits per heavy atom. The van der Waals surface area contributed by atoms with Gasteiger partial charge in [0.25, 0.3) is 5.91 Å². The fourth-order valence-corrected chi connectivity index (χ4v) is 2.12. The Morgan fingerprint density at radius 1 is 1.04 bits per heavy atom. The molecule has 0 unspecified atom stereocenters. The Hall–Kier alpha value is -3.61. The van der Waals surface area contributed by atoms with Gasteiger partial charge in [0.15, 0.2) is 5.76 Å². The molecule has 1 heterocycles. The summed E-state index contributed by atoms with van der Waals surface area (Å²) in [7, 11) is 0. The van der Waals surface area contributed by atoms with Gasteiger partial charge in [-0.3, -0.25) is 14.9 Å². The van der Waals surface area contributed by atoms with Crippen LogP contribution in [0, 0.1) is 10.1 Å². The number of anilines is 1. The van der Waals surface area contributed by atoms with Gasteiger partial charge < -0.3 is 14.5 Å². The van der Waals surface area contributed by atoms with Crippen molar-refractivity contribution in [1.82, 2.24) is 0 Å². The molecule has 2 aromatic carbocycles. The highest BCUT2D eigenvalue weighted by atomic mass is 16.6. The Morgan fingerprint density at radius 3 is 2.40 bits per heavy atom. The van der Waals surface area contributed by atoms with Gasteiger partial charge in [-0.25, -0.2) is 0 Å². The molecule has 0 aliphatic carbocycles. The molecule has 0 bridgehead atoms. The van der Waals surface area contributed by atoms with Crippen LogP contribution >= 0.6 is 0 Å². The zero-order valence-electron chi connectivity index (χ0n) is 13.0. The lowest BCUT2D eigenvalue weighted by atomic mass is 10.2. The zero-order valence-corrected chi connectivity index (χ0v) is 13.0. The molecule has 3 aromatic rings. The Labute approximate surface area is 143 Å². The average Bonchev–Trinajstić information content (AvgIpc) is 3.13. The van der Waals surface area contributed by atoms with Crippen LogP contribution in [-0.2, 0) is 6.61 Å². The second-order valence-corrected chi connectivity index (χ2v) is 5.15. The zero-order chi connectivity index (χ0) is 17.6. The van der Waals surface area contributed by atoms with Gasteiger partial charge in [-0.15, -0.1) is 0 Å². The number of furan rings is 1. The third-order valence-electron chi connectivity index (χ3n) is 3.36. The summed E-state index contributed by atoms with van der Waals surface area (Å²) in [5.41, 5.74) is 1.58. The number of amides is 1. The first-order valence-corrected chi connectivity index (χ1v) is 7.44. The van der Waals surface area contributed by atoms with E-state index in [-0.39, 0.29) is 5.76 Å². The number of hydrogen-bond donors (Lipinski definition) is 1. The first-order valence-electron chi connectivity index (χ1n) is 7.44. The van der Waals surface area contributed by atoms with Gasteiger partial charge in [0.1, 0.15) is 17.3 Å². The first kappa shape index (κ1) is 16.3. The van der Waals surface area contributed by atoms with E-state index in [1.165, 1.54) is 6.07 Å². The molecule has 0 spiro atoms. The number of ether oxygens (including phenoxy) is 1. The maximum Gasteiger partial charge on any atom is 0.433 e. The maximum atomic E-state index is 12.0. The van der Waals surface area contributed by atoms with E-state index in [2.05, 4.69) is 5.32 Å². The van der Waals surface area contributed by atoms with Crippen molar-refractivity contribution in [2.45, 2.75) is 6.61 Å². The van der Waals surface area contributed by atoms with Crippen LogP contribution < -0.4 is 10.1 Å². The van der Waals surface area contributed by atoms with Gasteiger partial charge in [0.05, 0.1) is 6.07 Å². The summed E-state index contributed by atoms with van der Waals surface area (Å²) in [6, 6.07) is 19.0. The van der Waals surface area contributed by atoms with E-state index in [0.717, 1.165) is 11.6 Å². The molecule has 0 fully saturated rings. The number of hydrogen-bond acceptors (Lipinski definition) is 5. The largest absolute Gasteiger partial charge is 0.489 e. The van der Waals surface area contributed by atoms with Crippen molar-refractivity contribution in [3.63, 3.8) is 0 Å². The van der Waals surface area contributed by atoms with Crippen LogP contribution in [0.4, 0.5) is 11.6 Å². The summed E-state index contributed by atoms with van der Waals surface area (Å²) in [5.74, 6) is -0.507. The van der Waals surface area contributed by atoms with Crippen LogP contribution in [0.15, 0.2) is 71.1 Å². The van der Waals surface area contributed by atoms with Gasteiger partial charge in [-0.2, -0.15) is 0 Å². The average molecular weight is 338 g/mol. The van der Waals surface area contributed by atoms with E-state index >= 15 is 0 Å². The number of rotatable bonds is 6. The van der Waals surface area contributed by atoms with Crippen LogP contribution in [0.5, 0.6) is 5.75 Å². The fraction of sp³-hybridized carbons (Fsp3) is 0.0556. The first-order chi connectivity index (χ1) is 12.1. The molecular weight excluding hydrogens is 324 g/mol. The lowest BCUT2D eigenvalue weighted by Crippen LogP contribution is -2.10. The summed E-state index contributed by atoms with van der Waals surface area (Å²) in [6.07, 6.45) is 0. The van der Waals surface area contributed by atoms with E-state index in [4.69, 9.17) is 9.15 Å². The maximum absolute atomic E-state index is 12.0. The van der Waals surface area contributed by atoms with Gasteiger partial charge in [0, 0.05) is 5.69 Å². The third-order valence-corrected chi connectivity index (χ3v) is 3.36. The molecule has 7 nitrogen and oxygen atoms in total. The predicted octanol–water partition coefficient (Wildman–Crippen LogP) is 4.02. The monoisotopic (exact) mass is 338 g/mol. The lowest BCUT2D eigenvalue weighted by molar-refractivity contribution is -0.402. The van der Waals surface area contributed by atoms with Gasteiger partial charge in [-0.05, 0) is 35.9 Å². The topological polar surface area (TPSA) is 94.6 Å².